The van der Waals surface area contributed by atoms with E-state index in [1.54, 1.807) is 0 Å². The number of hydrogen-bond acceptors (Lipinski definition) is 4. The van der Waals surface area contributed by atoms with Crippen molar-refractivity contribution >= 4 is 21.7 Å². The van der Waals surface area contributed by atoms with Crippen molar-refractivity contribution in [2.45, 2.75) is 56.6 Å². The lowest BCUT2D eigenvalue weighted by Gasteiger charge is -2.28. The zero-order valence-electron chi connectivity index (χ0n) is 10.3. The van der Waals surface area contributed by atoms with Gasteiger partial charge in [0.25, 0.3) is 0 Å². The third kappa shape index (κ3) is 2.83. The topological polar surface area (TPSA) is 58.0 Å². The summed E-state index contributed by atoms with van der Waals surface area (Å²) in [6.45, 7) is 0. The van der Waals surface area contributed by atoms with Crippen LogP contribution in [0.5, 0.6) is 0 Å². The quantitative estimate of drug-likeness (QED) is 0.843. The van der Waals surface area contributed by atoms with Crippen LogP contribution in [0, 0.1) is 0 Å². The van der Waals surface area contributed by atoms with Gasteiger partial charge in [-0.3, -0.25) is 0 Å². The molecule has 18 heavy (non-hydrogen) atoms. The summed E-state index contributed by atoms with van der Waals surface area (Å²) in [5, 5.41) is 13.3. The second kappa shape index (κ2) is 5.13. The molecule has 2 saturated carbocycles. The lowest BCUT2D eigenvalue weighted by atomic mass is 9.93. The van der Waals surface area contributed by atoms with Gasteiger partial charge in [-0.05, 0) is 41.6 Å². The molecule has 0 aliphatic heterocycles. The van der Waals surface area contributed by atoms with E-state index >= 15 is 0 Å². The summed E-state index contributed by atoms with van der Waals surface area (Å²) in [4.78, 5) is 8.97. The standard InChI is InChI=1S/C13H18BrN3O/c14-11-7-12(17-13(16-11)8-5-6-8)15-9-3-1-2-4-10(9)18/h7-10,18H,1-6H2,(H,15,16,17). The highest BCUT2D eigenvalue weighted by molar-refractivity contribution is 9.10. The molecule has 98 valence electrons. The summed E-state index contributed by atoms with van der Waals surface area (Å²) >= 11 is 3.44. The summed E-state index contributed by atoms with van der Waals surface area (Å²) in [7, 11) is 0. The van der Waals surface area contributed by atoms with E-state index in [1.165, 1.54) is 19.3 Å². The Kier molecular flexibility index (Phi) is 3.52. The number of rotatable bonds is 3. The van der Waals surface area contributed by atoms with Crippen molar-refractivity contribution in [1.29, 1.82) is 0 Å². The van der Waals surface area contributed by atoms with Gasteiger partial charge in [0.2, 0.25) is 0 Å². The van der Waals surface area contributed by atoms with Gasteiger partial charge in [0.05, 0.1) is 12.1 Å². The summed E-state index contributed by atoms with van der Waals surface area (Å²) in [5.74, 6) is 2.31. The molecule has 5 heteroatoms. The van der Waals surface area contributed by atoms with Crippen LogP contribution in [-0.4, -0.2) is 27.2 Å². The Labute approximate surface area is 115 Å². The molecule has 2 aliphatic rings. The van der Waals surface area contributed by atoms with E-state index in [2.05, 4.69) is 31.2 Å². The van der Waals surface area contributed by atoms with Crippen molar-refractivity contribution in [2.24, 2.45) is 0 Å². The molecule has 1 heterocycles. The van der Waals surface area contributed by atoms with Crippen LogP contribution >= 0.6 is 15.9 Å². The fourth-order valence-corrected chi connectivity index (χ4v) is 2.90. The average molecular weight is 312 g/mol. The Balaban J connectivity index is 1.74. The Morgan fingerprint density at radius 1 is 1.17 bits per heavy atom. The highest BCUT2D eigenvalue weighted by Gasteiger charge is 2.28. The Morgan fingerprint density at radius 2 is 1.94 bits per heavy atom. The van der Waals surface area contributed by atoms with Gasteiger partial charge in [-0.15, -0.1) is 0 Å². The van der Waals surface area contributed by atoms with E-state index in [-0.39, 0.29) is 12.1 Å². The number of nitrogens with one attached hydrogen (secondary N) is 1. The Hall–Kier alpha value is -0.680. The number of nitrogens with zero attached hydrogens (tertiary/aromatic N) is 2. The largest absolute Gasteiger partial charge is 0.391 e. The molecule has 0 amide bonds. The number of aliphatic hydroxyl groups is 1. The number of aromatic nitrogens is 2. The molecule has 3 rings (SSSR count). The molecule has 0 bridgehead atoms. The molecule has 1 aromatic heterocycles. The molecule has 0 aromatic carbocycles. The van der Waals surface area contributed by atoms with Gasteiger partial charge in [0, 0.05) is 12.0 Å². The number of anilines is 1. The first-order valence-electron chi connectivity index (χ1n) is 6.71. The summed E-state index contributed by atoms with van der Waals surface area (Å²) in [5.41, 5.74) is 0. The van der Waals surface area contributed by atoms with E-state index < -0.39 is 0 Å². The van der Waals surface area contributed by atoms with E-state index in [4.69, 9.17) is 0 Å². The van der Waals surface area contributed by atoms with Crippen molar-refractivity contribution in [2.75, 3.05) is 5.32 Å². The van der Waals surface area contributed by atoms with E-state index in [0.29, 0.717) is 5.92 Å². The second-order valence-corrected chi connectivity index (χ2v) is 6.12. The predicted octanol–water partition coefficient (Wildman–Crippen LogP) is 2.83. The van der Waals surface area contributed by atoms with E-state index in [1.807, 2.05) is 6.07 Å². The minimum Gasteiger partial charge on any atom is -0.391 e. The van der Waals surface area contributed by atoms with Crippen molar-refractivity contribution in [3.63, 3.8) is 0 Å². The third-order valence-electron chi connectivity index (χ3n) is 3.72. The molecule has 2 aliphatic carbocycles. The van der Waals surface area contributed by atoms with E-state index in [0.717, 1.165) is 35.5 Å². The van der Waals surface area contributed by atoms with E-state index in [9.17, 15) is 5.11 Å². The van der Waals surface area contributed by atoms with Gasteiger partial charge >= 0.3 is 0 Å². The minimum atomic E-state index is -0.253. The average Bonchev–Trinajstić information content (AvgIpc) is 3.15. The molecule has 0 saturated heterocycles. The maximum absolute atomic E-state index is 9.97. The second-order valence-electron chi connectivity index (χ2n) is 5.31. The molecule has 2 N–H and O–H groups in total. The first kappa shape index (κ1) is 12.4. The monoisotopic (exact) mass is 311 g/mol. The van der Waals surface area contributed by atoms with Gasteiger partial charge in [-0.25, -0.2) is 9.97 Å². The summed E-state index contributed by atoms with van der Waals surface area (Å²) < 4.78 is 0.826. The van der Waals surface area contributed by atoms with Crippen molar-refractivity contribution in [1.82, 2.24) is 9.97 Å². The van der Waals surface area contributed by atoms with Crippen LogP contribution in [0.15, 0.2) is 10.7 Å². The predicted molar refractivity (Wildman–Crippen MR) is 73.6 cm³/mol. The van der Waals surface area contributed by atoms with Crippen LogP contribution in [0.2, 0.25) is 0 Å². The van der Waals surface area contributed by atoms with Crippen LogP contribution in [0.4, 0.5) is 5.82 Å². The lowest BCUT2D eigenvalue weighted by Crippen LogP contribution is -2.36. The zero-order valence-corrected chi connectivity index (χ0v) is 11.9. The van der Waals surface area contributed by atoms with Gasteiger partial charge in [-0.1, -0.05) is 12.8 Å². The molecular formula is C13H18BrN3O. The first-order valence-corrected chi connectivity index (χ1v) is 7.51. The first-order chi connectivity index (χ1) is 8.72. The normalized spacial score (nSPS) is 28.1. The van der Waals surface area contributed by atoms with Gasteiger partial charge in [-0.2, -0.15) is 0 Å². The number of hydrogen-bond donors (Lipinski definition) is 2. The zero-order chi connectivity index (χ0) is 12.5. The van der Waals surface area contributed by atoms with Crippen molar-refractivity contribution in [3.05, 3.63) is 16.5 Å². The number of halogens is 1. The van der Waals surface area contributed by atoms with Crippen LogP contribution in [0.3, 0.4) is 0 Å². The van der Waals surface area contributed by atoms with Gasteiger partial charge < -0.3 is 10.4 Å². The molecule has 2 atom stereocenters. The Bertz CT molecular complexity index is 436. The molecular weight excluding hydrogens is 294 g/mol. The molecule has 4 nitrogen and oxygen atoms in total. The third-order valence-corrected chi connectivity index (χ3v) is 4.12. The molecule has 2 fully saturated rings. The number of aliphatic hydroxyl groups excluding tert-OH is 1. The molecule has 0 radical (unpaired) electrons. The van der Waals surface area contributed by atoms with Crippen LogP contribution in [-0.2, 0) is 0 Å². The fourth-order valence-electron chi connectivity index (χ4n) is 2.50. The SMILES string of the molecule is OC1CCCCC1Nc1cc(Br)nc(C2CC2)n1. The highest BCUT2D eigenvalue weighted by Crippen LogP contribution is 2.39. The Morgan fingerprint density at radius 3 is 2.67 bits per heavy atom. The molecule has 1 aromatic rings. The van der Waals surface area contributed by atoms with Gasteiger partial charge in [0.1, 0.15) is 16.2 Å². The van der Waals surface area contributed by atoms with Crippen LogP contribution in [0.25, 0.3) is 0 Å². The molecule has 2 unspecified atom stereocenters. The smallest absolute Gasteiger partial charge is 0.135 e. The van der Waals surface area contributed by atoms with Gasteiger partial charge in [0.15, 0.2) is 0 Å². The summed E-state index contributed by atoms with van der Waals surface area (Å²) in [6, 6.07) is 2.03. The molecule has 0 spiro atoms. The van der Waals surface area contributed by atoms with Crippen molar-refractivity contribution < 1.29 is 5.11 Å². The maximum Gasteiger partial charge on any atom is 0.135 e. The highest BCUT2D eigenvalue weighted by atomic mass is 79.9. The van der Waals surface area contributed by atoms with Crippen molar-refractivity contribution in [3.8, 4) is 0 Å². The van der Waals surface area contributed by atoms with Crippen LogP contribution in [0.1, 0.15) is 50.3 Å². The lowest BCUT2D eigenvalue weighted by molar-refractivity contribution is 0.116. The summed E-state index contributed by atoms with van der Waals surface area (Å²) in [6.07, 6.45) is 6.35. The minimum absolute atomic E-state index is 0.132. The fraction of sp³-hybridized carbons (Fsp3) is 0.692. The maximum atomic E-state index is 9.97. The van der Waals surface area contributed by atoms with Crippen LogP contribution < -0.4 is 5.32 Å².